The molecule has 1 fully saturated rings. The summed E-state index contributed by atoms with van der Waals surface area (Å²) in [6, 6.07) is 6.37. The van der Waals surface area contributed by atoms with E-state index in [1.807, 2.05) is 6.07 Å². The second-order valence-electron chi connectivity index (χ2n) is 8.91. The number of hydrogen-bond acceptors (Lipinski definition) is 2. The van der Waals surface area contributed by atoms with Crippen molar-refractivity contribution in [1.82, 2.24) is 0 Å². The highest BCUT2D eigenvalue weighted by Crippen LogP contribution is 2.43. The average molecular weight is 347 g/mol. The molecular weight excluding hydrogens is 312 g/mol. The van der Waals surface area contributed by atoms with Crippen LogP contribution in [0.5, 0.6) is 0 Å². The number of Topliss-reactive ketones (excluding diaryl/α,β-unsaturated/α-hetero) is 1. The molecule has 2 rings (SSSR count). The summed E-state index contributed by atoms with van der Waals surface area (Å²) in [5.74, 6) is 0.123. The van der Waals surface area contributed by atoms with Gasteiger partial charge in [-0.25, -0.2) is 0 Å². The fraction of sp³-hybridized carbons (Fsp3) is 0.667. The number of carbonyl (C=O) groups excluding carboxylic acids is 1. The number of rotatable bonds is 5. The van der Waals surface area contributed by atoms with Crippen LogP contribution in [0.15, 0.2) is 18.2 Å². The number of benzene rings is 1. The van der Waals surface area contributed by atoms with E-state index in [0.717, 1.165) is 5.56 Å². The number of ketones is 1. The molecule has 0 unspecified atom stereocenters. The summed E-state index contributed by atoms with van der Waals surface area (Å²) >= 11 is 0. The van der Waals surface area contributed by atoms with Crippen molar-refractivity contribution in [2.75, 3.05) is 6.61 Å². The Kier molecular flexibility index (Phi) is 6.08. The van der Waals surface area contributed by atoms with Crippen LogP contribution in [0.2, 0.25) is 13.1 Å². The standard InChI is InChI=1S/C21H34O2Si/c1-20(2,3)17-11-10-16(19(22)15-23-24(5)6)14-18(17)21(4)12-8-7-9-13-21/h10-11,14,24H,7-9,12-13,15H2,1-6H3. The zero-order valence-electron chi connectivity index (χ0n) is 16.4. The van der Waals surface area contributed by atoms with Crippen molar-refractivity contribution in [1.29, 1.82) is 0 Å². The van der Waals surface area contributed by atoms with Crippen LogP contribution in [-0.2, 0) is 15.3 Å². The van der Waals surface area contributed by atoms with E-state index < -0.39 is 9.04 Å². The van der Waals surface area contributed by atoms with Gasteiger partial charge >= 0.3 is 0 Å². The molecule has 0 radical (unpaired) electrons. The summed E-state index contributed by atoms with van der Waals surface area (Å²) in [5.41, 5.74) is 3.90. The average Bonchev–Trinajstić information content (AvgIpc) is 2.52. The third-order valence-electron chi connectivity index (χ3n) is 5.30. The molecule has 0 spiro atoms. The van der Waals surface area contributed by atoms with Gasteiger partial charge in [0.1, 0.15) is 0 Å². The Morgan fingerprint density at radius 3 is 2.33 bits per heavy atom. The minimum atomic E-state index is -1.16. The topological polar surface area (TPSA) is 26.3 Å². The predicted octanol–water partition coefficient (Wildman–Crippen LogP) is 5.39. The molecule has 134 valence electrons. The molecule has 0 heterocycles. The normalized spacial score (nSPS) is 18.0. The minimum absolute atomic E-state index is 0.0959. The molecule has 1 aliphatic carbocycles. The van der Waals surface area contributed by atoms with Crippen LogP contribution in [-0.4, -0.2) is 21.4 Å². The van der Waals surface area contributed by atoms with Crippen molar-refractivity contribution in [3.63, 3.8) is 0 Å². The Bertz CT molecular complexity index is 578. The van der Waals surface area contributed by atoms with Crippen molar-refractivity contribution < 1.29 is 9.22 Å². The van der Waals surface area contributed by atoms with Crippen LogP contribution in [0.3, 0.4) is 0 Å². The van der Waals surface area contributed by atoms with Crippen LogP contribution >= 0.6 is 0 Å². The molecule has 2 nitrogen and oxygen atoms in total. The quantitative estimate of drug-likeness (QED) is 0.528. The van der Waals surface area contributed by atoms with Crippen LogP contribution in [0.4, 0.5) is 0 Å². The maximum absolute atomic E-state index is 12.5. The first-order valence-corrected chi connectivity index (χ1v) is 12.2. The second-order valence-corrected chi connectivity index (χ2v) is 11.3. The smallest absolute Gasteiger partial charge is 0.187 e. The van der Waals surface area contributed by atoms with Crippen molar-refractivity contribution in [2.45, 2.75) is 83.7 Å². The molecule has 0 atom stereocenters. The Balaban J connectivity index is 2.40. The largest absolute Gasteiger partial charge is 0.413 e. The lowest BCUT2D eigenvalue weighted by Gasteiger charge is -2.38. The van der Waals surface area contributed by atoms with Gasteiger partial charge in [-0.2, -0.15) is 0 Å². The van der Waals surface area contributed by atoms with E-state index in [9.17, 15) is 4.79 Å². The Hall–Kier alpha value is -0.933. The van der Waals surface area contributed by atoms with Crippen molar-refractivity contribution in [2.24, 2.45) is 0 Å². The first-order valence-electron chi connectivity index (χ1n) is 9.43. The maximum atomic E-state index is 12.5. The van der Waals surface area contributed by atoms with Gasteiger partial charge in [0, 0.05) is 5.56 Å². The van der Waals surface area contributed by atoms with E-state index >= 15 is 0 Å². The van der Waals surface area contributed by atoms with Gasteiger partial charge in [0.25, 0.3) is 0 Å². The SMILES string of the molecule is C[SiH](C)OCC(=O)c1ccc(C(C)(C)C)c(C2(C)CCCCC2)c1. The summed E-state index contributed by atoms with van der Waals surface area (Å²) in [7, 11) is -1.16. The summed E-state index contributed by atoms with van der Waals surface area (Å²) in [6.07, 6.45) is 6.37. The Morgan fingerprint density at radius 2 is 1.79 bits per heavy atom. The van der Waals surface area contributed by atoms with Gasteiger partial charge in [-0.05, 0) is 54.0 Å². The third-order valence-corrected chi connectivity index (χ3v) is 6.14. The molecule has 1 aromatic rings. The summed E-state index contributed by atoms with van der Waals surface area (Å²) in [5, 5.41) is 0. The molecule has 24 heavy (non-hydrogen) atoms. The van der Waals surface area contributed by atoms with Gasteiger partial charge < -0.3 is 4.43 Å². The predicted molar refractivity (Wildman–Crippen MR) is 105 cm³/mol. The fourth-order valence-electron chi connectivity index (χ4n) is 3.80. The molecule has 0 amide bonds. The molecule has 1 saturated carbocycles. The lowest BCUT2D eigenvalue weighted by Crippen LogP contribution is -2.30. The van der Waals surface area contributed by atoms with Crippen molar-refractivity contribution in [3.05, 3.63) is 34.9 Å². The number of carbonyl (C=O) groups is 1. The van der Waals surface area contributed by atoms with Gasteiger partial charge in [-0.1, -0.05) is 59.1 Å². The highest BCUT2D eigenvalue weighted by atomic mass is 28.3. The molecular formula is C21H34O2Si. The molecule has 3 heteroatoms. The molecule has 0 bridgehead atoms. The van der Waals surface area contributed by atoms with E-state index in [1.54, 1.807) is 0 Å². The van der Waals surface area contributed by atoms with Gasteiger partial charge in [0.05, 0.1) is 6.61 Å². The second kappa shape index (κ2) is 7.53. The molecule has 0 N–H and O–H groups in total. The van der Waals surface area contributed by atoms with E-state index in [0.29, 0.717) is 0 Å². The monoisotopic (exact) mass is 346 g/mol. The van der Waals surface area contributed by atoms with E-state index in [-0.39, 0.29) is 23.2 Å². The minimum Gasteiger partial charge on any atom is -0.413 e. The van der Waals surface area contributed by atoms with E-state index in [2.05, 4.69) is 52.9 Å². The van der Waals surface area contributed by atoms with Crippen LogP contribution in [0.25, 0.3) is 0 Å². The molecule has 0 saturated heterocycles. The lowest BCUT2D eigenvalue weighted by atomic mass is 9.66. The summed E-state index contributed by atoms with van der Waals surface area (Å²) < 4.78 is 5.66. The zero-order valence-corrected chi connectivity index (χ0v) is 17.5. The molecule has 1 aromatic carbocycles. The first kappa shape index (κ1) is 19.4. The summed E-state index contributed by atoms with van der Waals surface area (Å²) in [4.78, 5) is 12.5. The van der Waals surface area contributed by atoms with Crippen LogP contribution in [0, 0.1) is 0 Å². The maximum Gasteiger partial charge on any atom is 0.187 e. The molecule has 0 aliphatic heterocycles. The highest BCUT2D eigenvalue weighted by molar-refractivity contribution is 6.48. The van der Waals surface area contributed by atoms with Gasteiger partial charge in [-0.3, -0.25) is 4.79 Å². The summed E-state index contributed by atoms with van der Waals surface area (Å²) in [6.45, 7) is 13.6. The number of hydrogen-bond donors (Lipinski definition) is 0. The highest BCUT2D eigenvalue weighted by Gasteiger charge is 2.34. The third kappa shape index (κ3) is 4.57. The van der Waals surface area contributed by atoms with Crippen molar-refractivity contribution >= 4 is 14.8 Å². The van der Waals surface area contributed by atoms with Gasteiger partial charge in [-0.15, -0.1) is 0 Å². The van der Waals surface area contributed by atoms with Gasteiger partial charge in [0.2, 0.25) is 0 Å². The van der Waals surface area contributed by atoms with E-state index in [4.69, 9.17) is 4.43 Å². The lowest BCUT2D eigenvalue weighted by molar-refractivity contribution is 0.0921. The Labute approximate surface area is 149 Å². The molecule has 1 aliphatic rings. The molecule has 0 aromatic heterocycles. The van der Waals surface area contributed by atoms with Gasteiger partial charge in [0.15, 0.2) is 14.8 Å². The first-order chi connectivity index (χ1) is 11.1. The van der Waals surface area contributed by atoms with Crippen LogP contribution < -0.4 is 0 Å². The van der Waals surface area contributed by atoms with E-state index in [1.165, 1.54) is 43.2 Å². The fourth-order valence-corrected chi connectivity index (χ4v) is 4.28. The Morgan fingerprint density at radius 1 is 1.17 bits per heavy atom. The van der Waals surface area contributed by atoms with Crippen LogP contribution in [0.1, 0.15) is 81.3 Å². The van der Waals surface area contributed by atoms with Crippen molar-refractivity contribution in [3.8, 4) is 0 Å². The zero-order chi connectivity index (χ0) is 18.0.